The maximum atomic E-state index is 13.5. The Labute approximate surface area is 98.6 Å². The third-order valence-electron chi connectivity index (χ3n) is 2.04. The Balaban J connectivity index is 2.55. The lowest BCUT2D eigenvalue weighted by Gasteiger charge is -2.02. The smallest absolute Gasteiger partial charge is 0.185 e. The minimum absolute atomic E-state index is 0.0968. The van der Waals surface area contributed by atoms with Crippen LogP contribution in [0.3, 0.4) is 0 Å². The van der Waals surface area contributed by atoms with Crippen molar-refractivity contribution in [2.24, 2.45) is 0 Å². The third kappa shape index (κ3) is 1.86. The zero-order chi connectivity index (χ0) is 11.7. The zero-order valence-corrected chi connectivity index (χ0v) is 9.49. The van der Waals surface area contributed by atoms with E-state index in [1.165, 1.54) is 18.2 Å². The lowest BCUT2D eigenvalue weighted by atomic mass is 10.1. The fourth-order valence-electron chi connectivity index (χ4n) is 1.29. The Morgan fingerprint density at radius 2 is 2.12 bits per heavy atom. The fraction of sp³-hybridized carbons (Fsp3) is 0. The van der Waals surface area contributed by atoms with Gasteiger partial charge < -0.3 is 9.52 Å². The van der Waals surface area contributed by atoms with Gasteiger partial charge in [0.25, 0.3) is 0 Å². The van der Waals surface area contributed by atoms with Gasteiger partial charge in [0.2, 0.25) is 0 Å². The SMILES string of the molecule is O=Cc1ccc(-c2cc(O)c(Br)cc2F)o1. The van der Waals surface area contributed by atoms with E-state index in [2.05, 4.69) is 15.9 Å². The first-order valence-electron chi connectivity index (χ1n) is 4.35. The van der Waals surface area contributed by atoms with Gasteiger partial charge in [0.05, 0.1) is 10.0 Å². The minimum atomic E-state index is -0.545. The Morgan fingerprint density at radius 3 is 2.75 bits per heavy atom. The number of aldehydes is 1. The summed E-state index contributed by atoms with van der Waals surface area (Å²) >= 11 is 2.99. The number of carbonyl (C=O) groups is 1. The second-order valence-electron chi connectivity index (χ2n) is 3.10. The highest BCUT2D eigenvalue weighted by Crippen LogP contribution is 2.33. The van der Waals surface area contributed by atoms with Gasteiger partial charge >= 0.3 is 0 Å². The van der Waals surface area contributed by atoms with Crippen molar-refractivity contribution in [3.8, 4) is 17.1 Å². The van der Waals surface area contributed by atoms with Gasteiger partial charge in [0.15, 0.2) is 12.0 Å². The van der Waals surface area contributed by atoms with E-state index in [0.717, 1.165) is 6.07 Å². The van der Waals surface area contributed by atoms with Crippen molar-refractivity contribution >= 4 is 22.2 Å². The highest BCUT2D eigenvalue weighted by atomic mass is 79.9. The fourth-order valence-corrected chi connectivity index (χ4v) is 1.60. The van der Waals surface area contributed by atoms with Gasteiger partial charge in [-0.15, -0.1) is 0 Å². The largest absolute Gasteiger partial charge is 0.507 e. The summed E-state index contributed by atoms with van der Waals surface area (Å²) in [5, 5.41) is 9.43. The molecule has 0 amide bonds. The minimum Gasteiger partial charge on any atom is -0.507 e. The van der Waals surface area contributed by atoms with Crippen molar-refractivity contribution in [1.29, 1.82) is 0 Å². The molecular formula is C11H6BrFO3. The first-order valence-corrected chi connectivity index (χ1v) is 5.14. The summed E-state index contributed by atoms with van der Waals surface area (Å²) in [6, 6.07) is 5.26. The topological polar surface area (TPSA) is 50.4 Å². The van der Waals surface area contributed by atoms with Crippen molar-refractivity contribution in [3.63, 3.8) is 0 Å². The van der Waals surface area contributed by atoms with Crippen LogP contribution in [-0.2, 0) is 0 Å². The number of hydrogen-bond acceptors (Lipinski definition) is 3. The van der Waals surface area contributed by atoms with E-state index >= 15 is 0 Å². The first-order chi connectivity index (χ1) is 7.61. The Kier molecular flexibility index (Phi) is 2.78. The molecule has 0 atom stereocenters. The molecule has 3 nitrogen and oxygen atoms in total. The quantitative estimate of drug-likeness (QED) is 0.861. The van der Waals surface area contributed by atoms with Crippen LogP contribution in [0.2, 0.25) is 0 Å². The summed E-state index contributed by atoms with van der Waals surface area (Å²) < 4.78 is 18.9. The molecule has 0 radical (unpaired) electrons. The van der Waals surface area contributed by atoms with Crippen molar-refractivity contribution < 1.29 is 18.7 Å². The van der Waals surface area contributed by atoms with E-state index in [1.807, 2.05) is 0 Å². The van der Waals surface area contributed by atoms with Crippen LogP contribution < -0.4 is 0 Å². The summed E-state index contributed by atoms with van der Waals surface area (Å²) in [5.74, 6) is -0.337. The zero-order valence-electron chi connectivity index (χ0n) is 7.91. The van der Waals surface area contributed by atoms with Gasteiger partial charge in [-0.3, -0.25) is 4.79 Å². The van der Waals surface area contributed by atoms with Gasteiger partial charge in [-0.1, -0.05) is 0 Å². The Hall–Kier alpha value is -1.62. The summed E-state index contributed by atoms with van der Waals surface area (Å²) in [6.45, 7) is 0. The molecule has 0 saturated heterocycles. The maximum Gasteiger partial charge on any atom is 0.185 e. The summed E-state index contributed by atoms with van der Waals surface area (Å²) in [5.41, 5.74) is 0.105. The predicted octanol–water partition coefficient (Wildman–Crippen LogP) is 3.37. The number of hydrogen-bond donors (Lipinski definition) is 1. The molecule has 0 saturated carbocycles. The average Bonchev–Trinajstić information content (AvgIpc) is 2.71. The summed E-state index contributed by atoms with van der Waals surface area (Å²) in [6.07, 6.45) is 0.528. The van der Waals surface area contributed by atoms with E-state index in [4.69, 9.17) is 4.42 Å². The van der Waals surface area contributed by atoms with Crippen LogP contribution in [0, 0.1) is 5.82 Å². The number of halogens is 2. The average molecular weight is 285 g/mol. The molecule has 5 heteroatoms. The number of phenolic OH excluding ortho intramolecular Hbond substituents is 1. The highest BCUT2D eigenvalue weighted by Gasteiger charge is 2.12. The highest BCUT2D eigenvalue weighted by molar-refractivity contribution is 9.10. The van der Waals surface area contributed by atoms with Gasteiger partial charge in [-0.25, -0.2) is 4.39 Å². The molecule has 1 aromatic heterocycles. The monoisotopic (exact) mass is 284 g/mol. The van der Waals surface area contributed by atoms with E-state index < -0.39 is 5.82 Å². The van der Waals surface area contributed by atoms with Crippen molar-refractivity contribution in [1.82, 2.24) is 0 Å². The van der Waals surface area contributed by atoms with Crippen LogP contribution in [0.1, 0.15) is 10.6 Å². The van der Waals surface area contributed by atoms with Gasteiger partial charge in [0, 0.05) is 0 Å². The molecule has 0 bridgehead atoms. The molecule has 0 aliphatic heterocycles. The number of furan rings is 1. The molecule has 0 aliphatic rings. The number of phenols is 1. The molecule has 0 fully saturated rings. The lowest BCUT2D eigenvalue weighted by molar-refractivity contribution is 0.110. The molecule has 16 heavy (non-hydrogen) atoms. The van der Waals surface area contributed by atoms with Crippen LogP contribution in [0.25, 0.3) is 11.3 Å². The van der Waals surface area contributed by atoms with Crippen molar-refractivity contribution in [3.05, 3.63) is 40.3 Å². The van der Waals surface area contributed by atoms with Crippen molar-refractivity contribution in [2.45, 2.75) is 0 Å². The lowest BCUT2D eigenvalue weighted by Crippen LogP contribution is -1.83. The molecule has 2 aromatic rings. The third-order valence-corrected chi connectivity index (χ3v) is 2.68. The predicted molar refractivity (Wildman–Crippen MR) is 58.9 cm³/mol. The summed E-state index contributed by atoms with van der Waals surface area (Å²) in [7, 11) is 0. The van der Waals surface area contributed by atoms with Crippen LogP contribution in [-0.4, -0.2) is 11.4 Å². The summed E-state index contributed by atoms with van der Waals surface area (Å²) in [4.78, 5) is 10.4. The molecule has 0 unspecified atom stereocenters. The van der Waals surface area contributed by atoms with Gasteiger partial charge in [0.1, 0.15) is 17.3 Å². The molecular weight excluding hydrogens is 279 g/mol. The number of rotatable bonds is 2. The Bertz CT molecular complexity index is 548. The first kappa shape index (κ1) is 10.9. The normalized spacial score (nSPS) is 10.4. The van der Waals surface area contributed by atoms with Crippen molar-refractivity contribution in [2.75, 3.05) is 0 Å². The molecule has 1 N–H and O–H groups in total. The number of benzene rings is 1. The molecule has 1 aromatic carbocycles. The molecule has 1 heterocycles. The van der Waals surface area contributed by atoms with Crippen LogP contribution in [0.5, 0.6) is 5.75 Å². The molecule has 0 aliphatic carbocycles. The van der Waals surface area contributed by atoms with E-state index in [0.29, 0.717) is 6.29 Å². The van der Waals surface area contributed by atoms with Gasteiger partial charge in [-0.05, 0) is 40.2 Å². The Morgan fingerprint density at radius 1 is 1.38 bits per heavy atom. The second kappa shape index (κ2) is 4.09. The maximum absolute atomic E-state index is 13.5. The molecule has 2 rings (SSSR count). The van der Waals surface area contributed by atoms with E-state index in [-0.39, 0.29) is 27.3 Å². The molecule has 82 valence electrons. The van der Waals surface area contributed by atoms with E-state index in [9.17, 15) is 14.3 Å². The van der Waals surface area contributed by atoms with Crippen LogP contribution in [0.15, 0.2) is 33.2 Å². The molecule has 0 spiro atoms. The number of aromatic hydroxyl groups is 1. The van der Waals surface area contributed by atoms with Crippen LogP contribution in [0.4, 0.5) is 4.39 Å². The van der Waals surface area contributed by atoms with Crippen LogP contribution >= 0.6 is 15.9 Å². The second-order valence-corrected chi connectivity index (χ2v) is 3.96. The standard InChI is InChI=1S/C11H6BrFO3/c12-8-4-9(13)7(3-10(8)15)11-2-1-6(5-14)16-11/h1-5,15H. The van der Waals surface area contributed by atoms with E-state index in [1.54, 1.807) is 0 Å². The van der Waals surface area contributed by atoms with Gasteiger partial charge in [-0.2, -0.15) is 0 Å². The number of carbonyl (C=O) groups excluding carboxylic acids is 1.